The van der Waals surface area contributed by atoms with Crippen molar-refractivity contribution in [2.24, 2.45) is 0 Å². The van der Waals surface area contributed by atoms with Gasteiger partial charge in [0.1, 0.15) is 13.2 Å². The van der Waals surface area contributed by atoms with Crippen LogP contribution in [0.4, 0.5) is 0 Å². The zero-order valence-electron chi connectivity index (χ0n) is 45.8. The van der Waals surface area contributed by atoms with E-state index in [1.165, 1.54) is 161 Å². The van der Waals surface area contributed by atoms with Gasteiger partial charge in [-0.05, 0) is 103 Å². The van der Waals surface area contributed by atoms with Gasteiger partial charge in [-0.2, -0.15) is 0 Å². The molecule has 0 rings (SSSR count). The highest BCUT2D eigenvalue weighted by Crippen LogP contribution is 2.16. The highest BCUT2D eigenvalue weighted by molar-refractivity contribution is 5.71. The molecule has 0 saturated carbocycles. The Morgan fingerprint density at radius 2 is 0.565 bits per heavy atom. The molecule has 0 saturated heterocycles. The molecule has 1 atom stereocenters. The molecule has 0 spiro atoms. The normalized spacial score (nSPS) is 12.4. The molecule has 0 bridgehead atoms. The van der Waals surface area contributed by atoms with Crippen LogP contribution in [0.3, 0.4) is 0 Å². The quantitative estimate of drug-likeness (QED) is 0.0262. The molecule has 0 aromatic heterocycles. The van der Waals surface area contributed by atoms with Gasteiger partial charge in [-0.15, -0.1) is 0 Å². The zero-order valence-corrected chi connectivity index (χ0v) is 45.8. The standard InChI is InChI=1S/C63H112O6/c1-4-7-10-13-16-19-22-25-28-30-32-34-35-38-41-44-47-50-53-56-62(65)68-59-60(58-67-61(64)55-52-49-46-43-40-37-27-24-21-18-15-12-9-6-3)69-63(66)57-54-51-48-45-42-39-36-33-31-29-26-23-20-17-14-11-8-5-2/h7,10,16,19,25,28,33,36-37,40,60H,4-6,8-9,11-15,17-18,20-24,26-27,29-32,34-35,38-39,41-59H2,1-3H3/b10-7-,19-16-,28-25-,36-33-,40-37-. The maximum absolute atomic E-state index is 12.9. The maximum Gasteiger partial charge on any atom is 0.306 e. The van der Waals surface area contributed by atoms with Crippen LogP contribution < -0.4 is 0 Å². The summed E-state index contributed by atoms with van der Waals surface area (Å²) in [6.07, 6.45) is 72.1. The molecule has 400 valence electrons. The summed E-state index contributed by atoms with van der Waals surface area (Å²) in [6, 6.07) is 0. The Kier molecular flexibility index (Phi) is 55.3. The van der Waals surface area contributed by atoms with E-state index in [2.05, 4.69) is 81.5 Å². The molecule has 0 amide bonds. The minimum atomic E-state index is -0.787. The van der Waals surface area contributed by atoms with E-state index in [4.69, 9.17) is 14.2 Å². The second-order valence-electron chi connectivity index (χ2n) is 19.9. The first-order valence-electron chi connectivity index (χ1n) is 29.8. The number of ether oxygens (including phenoxy) is 3. The second-order valence-corrected chi connectivity index (χ2v) is 19.9. The van der Waals surface area contributed by atoms with Crippen molar-refractivity contribution in [2.45, 2.75) is 309 Å². The van der Waals surface area contributed by atoms with Gasteiger partial charge >= 0.3 is 17.9 Å². The van der Waals surface area contributed by atoms with E-state index >= 15 is 0 Å². The number of carbonyl (C=O) groups is 3. The van der Waals surface area contributed by atoms with Crippen LogP contribution in [0.5, 0.6) is 0 Å². The summed E-state index contributed by atoms with van der Waals surface area (Å²) in [5.74, 6) is -0.901. The molecule has 0 aliphatic heterocycles. The van der Waals surface area contributed by atoms with Gasteiger partial charge in [0.2, 0.25) is 0 Å². The van der Waals surface area contributed by atoms with Crippen LogP contribution in [0.1, 0.15) is 303 Å². The number of rotatable bonds is 54. The van der Waals surface area contributed by atoms with Crippen LogP contribution in [0.25, 0.3) is 0 Å². The molecule has 0 fully saturated rings. The van der Waals surface area contributed by atoms with Crippen molar-refractivity contribution in [3.63, 3.8) is 0 Å². The monoisotopic (exact) mass is 965 g/mol. The summed E-state index contributed by atoms with van der Waals surface area (Å²) < 4.78 is 16.9. The lowest BCUT2D eigenvalue weighted by Gasteiger charge is -2.18. The Balaban J connectivity index is 4.38. The van der Waals surface area contributed by atoms with E-state index in [1.54, 1.807) is 0 Å². The lowest BCUT2D eigenvalue weighted by atomic mass is 10.1. The average Bonchev–Trinajstić information content (AvgIpc) is 3.35. The van der Waals surface area contributed by atoms with Crippen molar-refractivity contribution in [1.82, 2.24) is 0 Å². The number of esters is 3. The topological polar surface area (TPSA) is 78.9 Å². The largest absolute Gasteiger partial charge is 0.462 e. The first-order valence-corrected chi connectivity index (χ1v) is 29.8. The smallest absolute Gasteiger partial charge is 0.306 e. The lowest BCUT2D eigenvalue weighted by molar-refractivity contribution is -0.167. The van der Waals surface area contributed by atoms with E-state index in [9.17, 15) is 14.4 Å². The number of hydrogen-bond donors (Lipinski definition) is 0. The van der Waals surface area contributed by atoms with Crippen LogP contribution in [0.15, 0.2) is 60.8 Å². The summed E-state index contributed by atoms with van der Waals surface area (Å²) >= 11 is 0. The van der Waals surface area contributed by atoms with Gasteiger partial charge in [0.15, 0.2) is 6.10 Å². The first kappa shape index (κ1) is 66.1. The van der Waals surface area contributed by atoms with Crippen LogP contribution >= 0.6 is 0 Å². The minimum Gasteiger partial charge on any atom is -0.462 e. The van der Waals surface area contributed by atoms with Crippen molar-refractivity contribution >= 4 is 17.9 Å². The van der Waals surface area contributed by atoms with E-state index in [0.717, 1.165) is 103 Å². The summed E-state index contributed by atoms with van der Waals surface area (Å²) in [5.41, 5.74) is 0. The third-order valence-corrected chi connectivity index (χ3v) is 13.0. The Morgan fingerprint density at radius 3 is 0.913 bits per heavy atom. The molecule has 6 nitrogen and oxygen atoms in total. The minimum absolute atomic E-state index is 0.0839. The van der Waals surface area contributed by atoms with Crippen LogP contribution in [0.2, 0.25) is 0 Å². The molecule has 6 heteroatoms. The van der Waals surface area contributed by atoms with E-state index in [1.807, 2.05) is 0 Å². The van der Waals surface area contributed by atoms with Gasteiger partial charge < -0.3 is 14.2 Å². The molecule has 0 aromatic rings. The van der Waals surface area contributed by atoms with Crippen molar-refractivity contribution < 1.29 is 28.6 Å². The second kappa shape index (κ2) is 57.7. The van der Waals surface area contributed by atoms with Crippen molar-refractivity contribution in [1.29, 1.82) is 0 Å². The number of carbonyl (C=O) groups excluding carboxylic acids is 3. The molecular weight excluding hydrogens is 853 g/mol. The summed E-state index contributed by atoms with van der Waals surface area (Å²) in [5, 5.41) is 0. The zero-order chi connectivity index (χ0) is 50.0. The molecule has 0 radical (unpaired) electrons. The molecule has 1 unspecified atom stereocenters. The van der Waals surface area contributed by atoms with Crippen molar-refractivity contribution in [3.8, 4) is 0 Å². The molecular formula is C63H112O6. The lowest BCUT2D eigenvalue weighted by Crippen LogP contribution is -2.30. The van der Waals surface area contributed by atoms with Gasteiger partial charge in [-0.1, -0.05) is 242 Å². The molecule has 69 heavy (non-hydrogen) atoms. The van der Waals surface area contributed by atoms with Crippen LogP contribution in [-0.4, -0.2) is 37.2 Å². The van der Waals surface area contributed by atoms with Crippen LogP contribution in [-0.2, 0) is 28.6 Å². The third-order valence-electron chi connectivity index (χ3n) is 13.0. The molecule has 0 N–H and O–H groups in total. The molecule has 0 aliphatic rings. The van der Waals surface area contributed by atoms with Gasteiger partial charge in [-0.3, -0.25) is 14.4 Å². The Bertz CT molecular complexity index is 1250. The summed E-state index contributed by atoms with van der Waals surface area (Å²) in [7, 11) is 0. The number of unbranched alkanes of at least 4 members (excludes halogenated alkanes) is 33. The third kappa shape index (κ3) is 55.9. The van der Waals surface area contributed by atoms with Crippen molar-refractivity contribution in [3.05, 3.63) is 60.8 Å². The molecule has 0 aliphatic carbocycles. The number of hydrogen-bond acceptors (Lipinski definition) is 6. The maximum atomic E-state index is 12.9. The number of allylic oxidation sites excluding steroid dienone is 10. The molecule has 0 heterocycles. The van der Waals surface area contributed by atoms with Gasteiger partial charge in [0, 0.05) is 19.3 Å². The predicted molar refractivity (Wildman–Crippen MR) is 298 cm³/mol. The molecule has 0 aromatic carbocycles. The van der Waals surface area contributed by atoms with Crippen molar-refractivity contribution in [2.75, 3.05) is 13.2 Å². The highest BCUT2D eigenvalue weighted by Gasteiger charge is 2.19. The van der Waals surface area contributed by atoms with Crippen LogP contribution in [0, 0.1) is 0 Å². The fourth-order valence-electron chi connectivity index (χ4n) is 8.51. The Labute approximate surface area is 428 Å². The van der Waals surface area contributed by atoms with E-state index < -0.39 is 6.10 Å². The fourth-order valence-corrected chi connectivity index (χ4v) is 8.51. The average molecular weight is 966 g/mol. The van der Waals surface area contributed by atoms with E-state index in [-0.39, 0.29) is 31.1 Å². The Hall–Kier alpha value is -2.89. The first-order chi connectivity index (χ1) is 34.0. The summed E-state index contributed by atoms with van der Waals surface area (Å²) in [4.78, 5) is 38.2. The summed E-state index contributed by atoms with van der Waals surface area (Å²) in [6.45, 7) is 6.53. The highest BCUT2D eigenvalue weighted by atomic mass is 16.6. The van der Waals surface area contributed by atoms with E-state index in [0.29, 0.717) is 19.3 Å². The van der Waals surface area contributed by atoms with Gasteiger partial charge in [0.25, 0.3) is 0 Å². The fraction of sp³-hybridized carbons (Fsp3) is 0.794. The van der Waals surface area contributed by atoms with Gasteiger partial charge in [-0.25, -0.2) is 0 Å². The predicted octanol–water partition coefficient (Wildman–Crippen LogP) is 20.0. The Morgan fingerprint density at radius 1 is 0.304 bits per heavy atom. The van der Waals surface area contributed by atoms with Gasteiger partial charge in [0.05, 0.1) is 0 Å². The SMILES string of the molecule is CC/C=C\C/C=C\C/C=C\CCCCCCCCCCCC(=O)OCC(COC(=O)CCCCC/C=C\CCCCCCCCC)OC(=O)CCCCCCC/C=C\CCCCCCCCCCC.